The van der Waals surface area contributed by atoms with Crippen LogP contribution in [0.4, 0.5) is 4.39 Å². The molecule has 4 nitrogen and oxygen atoms in total. The molecule has 0 saturated heterocycles. The summed E-state index contributed by atoms with van der Waals surface area (Å²) in [4.78, 5) is 20.7. The highest BCUT2D eigenvalue weighted by atomic mass is 19.1. The third-order valence-electron chi connectivity index (χ3n) is 3.09. The minimum atomic E-state index is -0.315. The molecule has 0 fully saturated rings. The van der Waals surface area contributed by atoms with Gasteiger partial charge in [0, 0.05) is 5.69 Å². The molecule has 0 spiro atoms. The van der Waals surface area contributed by atoms with Crippen LogP contribution in [-0.4, -0.2) is 14.5 Å². The summed E-state index contributed by atoms with van der Waals surface area (Å²) in [6.07, 6.45) is 3.05. The number of fused-ring (bicyclic) bond motifs is 1. The van der Waals surface area contributed by atoms with Crippen LogP contribution in [0.5, 0.6) is 0 Å². The molecule has 2 aromatic heterocycles. The molecule has 0 radical (unpaired) electrons. The molecule has 3 rings (SSSR count). The van der Waals surface area contributed by atoms with Crippen molar-refractivity contribution in [2.45, 2.75) is 13.5 Å². The van der Waals surface area contributed by atoms with Crippen molar-refractivity contribution in [3.8, 4) is 0 Å². The summed E-state index contributed by atoms with van der Waals surface area (Å²) in [7, 11) is 0. The van der Waals surface area contributed by atoms with Crippen LogP contribution in [0.2, 0.25) is 0 Å². The van der Waals surface area contributed by atoms with E-state index < -0.39 is 0 Å². The molecule has 1 aromatic carbocycles. The lowest BCUT2D eigenvalue weighted by molar-refractivity contribution is 0.622. The predicted octanol–water partition coefficient (Wildman–Crippen LogP) is 2.29. The number of nitrogens with zero attached hydrogens (tertiary/aromatic N) is 3. The van der Waals surface area contributed by atoms with Crippen molar-refractivity contribution in [1.82, 2.24) is 14.5 Å². The second-order valence-corrected chi connectivity index (χ2v) is 4.65. The minimum absolute atomic E-state index is 0.148. The van der Waals surface area contributed by atoms with Crippen LogP contribution >= 0.6 is 0 Å². The van der Waals surface area contributed by atoms with Gasteiger partial charge >= 0.3 is 0 Å². The molecule has 5 heteroatoms. The zero-order valence-corrected chi connectivity index (χ0v) is 10.9. The Labute approximate surface area is 114 Å². The highest BCUT2D eigenvalue weighted by Gasteiger charge is 2.06. The number of hydrogen-bond acceptors (Lipinski definition) is 3. The van der Waals surface area contributed by atoms with Gasteiger partial charge in [-0.2, -0.15) is 0 Å². The lowest BCUT2D eigenvalue weighted by Crippen LogP contribution is -2.21. The largest absolute Gasteiger partial charge is 0.294 e. The maximum atomic E-state index is 13.2. The monoisotopic (exact) mass is 269 g/mol. The van der Waals surface area contributed by atoms with Crippen molar-refractivity contribution in [1.29, 1.82) is 0 Å². The molecule has 0 aliphatic heterocycles. The summed E-state index contributed by atoms with van der Waals surface area (Å²) in [6.45, 7) is 2.11. The molecule has 0 saturated carbocycles. The van der Waals surface area contributed by atoms with Gasteiger partial charge in [0.1, 0.15) is 5.82 Å². The van der Waals surface area contributed by atoms with Gasteiger partial charge < -0.3 is 0 Å². The van der Waals surface area contributed by atoms with E-state index in [1.165, 1.54) is 23.0 Å². The normalized spacial score (nSPS) is 10.9. The number of benzene rings is 1. The van der Waals surface area contributed by atoms with Crippen molar-refractivity contribution in [2.75, 3.05) is 0 Å². The van der Waals surface area contributed by atoms with Gasteiger partial charge in [-0.3, -0.25) is 14.3 Å². The zero-order valence-electron chi connectivity index (χ0n) is 10.9. The SMILES string of the molecule is Cc1cc2c(=O)n(Cc3cccc(F)c3)cnc2cn1. The molecule has 20 heavy (non-hydrogen) atoms. The number of hydrogen-bond donors (Lipinski definition) is 0. The lowest BCUT2D eigenvalue weighted by atomic mass is 10.2. The Morgan fingerprint density at radius 2 is 2.10 bits per heavy atom. The standard InChI is InChI=1S/C15H12FN3O/c1-10-5-13-14(7-17-10)18-9-19(15(13)20)8-11-3-2-4-12(16)6-11/h2-7,9H,8H2,1H3. The quantitative estimate of drug-likeness (QED) is 0.717. The maximum Gasteiger partial charge on any atom is 0.261 e. The van der Waals surface area contributed by atoms with Gasteiger partial charge in [-0.05, 0) is 30.7 Å². The summed E-state index contributed by atoms with van der Waals surface area (Å²) in [5.74, 6) is -0.315. The first kappa shape index (κ1) is 12.5. The Morgan fingerprint density at radius 1 is 1.25 bits per heavy atom. The Bertz CT molecular complexity index is 842. The highest BCUT2D eigenvalue weighted by molar-refractivity contribution is 5.76. The summed E-state index contributed by atoms with van der Waals surface area (Å²) in [5.41, 5.74) is 1.90. The molecule has 2 heterocycles. The second-order valence-electron chi connectivity index (χ2n) is 4.65. The molecule has 0 aliphatic carbocycles. The first-order valence-corrected chi connectivity index (χ1v) is 6.20. The number of pyridine rings is 1. The average Bonchev–Trinajstić information content (AvgIpc) is 2.43. The smallest absolute Gasteiger partial charge is 0.261 e. The van der Waals surface area contributed by atoms with E-state index in [0.717, 1.165) is 11.3 Å². The molecule has 0 amide bonds. The van der Waals surface area contributed by atoms with E-state index in [-0.39, 0.29) is 11.4 Å². The first-order valence-electron chi connectivity index (χ1n) is 6.20. The van der Waals surface area contributed by atoms with Gasteiger partial charge in [0.2, 0.25) is 0 Å². The molecule has 0 unspecified atom stereocenters. The first-order chi connectivity index (χ1) is 9.63. The van der Waals surface area contributed by atoms with E-state index >= 15 is 0 Å². The Kier molecular flexibility index (Phi) is 3.02. The number of aryl methyl sites for hydroxylation is 1. The third kappa shape index (κ3) is 2.30. The van der Waals surface area contributed by atoms with Crippen molar-refractivity contribution >= 4 is 10.9 Å². The predicted molar refractivity (Wildman–Crippen MR) is 74.0 cm³/mol. The van der Waals surface area contributed by atoms with Crippen LogP contribution in [0.25, 0.3) is 10.9 Å². The summed E-state index contributed by atoms with van der Waals surface area (Å²) in [5, 5.41) is 0.524. The van der Waals surface area contributed by atoms with E-state index in [1.54, 1.807) is 24.4 Å². The van der Waals surface area contributed by atoms with Crippen molar-refractivity contribution in [3.05, 3.63) is 70.3 Å². The fraction of sp³-hybridized carbons (Fsp3) is 0.133. The van der Waals surface area contributed by atoms with E-state index in [9.17, 15) is 9.18 Å². The molecular formula is C15H12FN3O. The van der Waals surface area contributed by atoms with Gasteiger partial charge in [0.25, 0.3) is 5.56 Å². The number of aromatic nitrogens is 3. The van der Waals surface area contributed by atoms with E-state index in [4.69, 9.17) is 0 Å². The molecule has 100 valence electrons. The van der Waals surface area contributed by atoms with E-state index in [0.29, 0.717) is 17.4 Å². The Balaban J connectivity index is 2.08. The molecule has 0 atom stereocenters. The average molecular weight is 269 g/mol. The third-order valence-corrected chi connectivity index (χ3v) is 3.09. The van der Waals surface area contributed by atoms with Gasteiger partial charge in [-0.15, -0.1) is 0 Å². The van der Waals surface area contributed by atoms with Crippen LogP contribution in [-0.2, 0) is 6.54 Å². The van der Waals surface area contributed by atoms with Crippen LogP contribution in [0, 0.1) is 12.7 Å². The maximum absolute atomic E-state index is 13.2. The molecular weight excluding hydrogens is 257 g/mol. The molecule has 0 N–H and O–H groups in total. The van der Waals surface area contributed by atoms with Gasteiger partial charge in [0.15, 0.2) is 0 Å². The minimum Gasteiger partial charge on any atom is -0.294 e. The highest BCUT2D eigenvalue weighted by Crippen LogP contribution is 2.08. The molecule has 0 bridgehead atoms. The fourth-order valence-corrected chi connectivity index (χ4v) is 2.11. The number of rotatable bonds is 2. The van der Waals surface area contributed by atoms with Crippen LogP contribution in [0.3, 0.4) is 0 Å². The van der Waals surface area contributed by atoms with Crippen LogP contribution < -0.4 is 5.56 Å². The van der Waals surface area contributed by atoms with Gasteiger partial charge in [0.05, 0.1) is 30.0 Å². The Hall–Kier alpha value is -2.56. The van der Waals surface area contributed by atoms with Crippen LogP contribution in [0.1, 0.15) is 11.3 Å². The lowest BCUT2D eigenvalue weighted by Gasteiger charge is -2.07. The summed E-state index contributed by atoms with van der Waals surface area (Å²) in [6, 6.07) is 7.90. The van der Waals surface area contributed by atoms with Gasteiger partial charge in [-0.25, -0.2) is 9.37 Å². The molecule has 0 aliphatic rings. The molecule has 3 aromatic rings. The van der Waals surface area contributed by atoms with Crippen molar-refractivity contribution < 1.29 is 4.39 Å². The second kappa shape index (κ2) is 4.85. The topological polar surface area (TPSA) is 47.8 Å². The van der Waals surface area contributed by atoms with Crippen molar-refractivity contribution in [2.24, 2.45) is 0 Å². The zero-order chi connectivity index (χ0) is 14.1. The van der Waals surface area contributed by atoms with Crippen LogP contribution in [0.15, 0.2) is 47.7 Å². The fourth-order valence-electron chi connectivity index (χ4n) is 2.11. The summed E-state index contributed by atoms with van der Waals surface area (Å²) < 4.78 is 14.6. The number of halogens is 1. The summed E-state index contributed by atoms with van der Waals surface area (Å²) >= 11 is 0. The van der Waals surface area contributed by atoms with Gasteiger partial charge in [-0.1, -0.05) is 12.1 Å². The van der Waals surface area contributed by atoms with E-state index in [1.807, 2.05) is 6.92 Å². The Morgan fingerprint density at radius 3 is 2.90 bits per heavy atom. The van der Waals surface area contributed by atoms with E-state index in [2.05, 4.69) is 9.97 Å². The van der Waals surface area contributed by atoms with Crippen molar-refractivity contribution in [3.63, 3.8) is 0 Å².